The molecule has 3 aromatic rings. The highest BCUT2D eigenvalue weighted by Gasteiger charge is 2.61. The van der Waals surface area contributed by atoms with E-state index in [0.717, 1.165) is 27.8 Å². The second kappa shape index (κ2) is 8.89. The van der Waals surface area contributed by atoms with Gasteiger partial charge in [-0.15, -0.1) is 11.8 Å². The number of para-hydroxylation sites is 1. The van der Waals surface area contributed by atoms with Gasteiger partial charge in [-0.2, -0.15) is 0 Å². The smallest absolute Gasteiger partial charge is 0.269 e. The van der Waals surface area contributed by atoms with Crippen LogP contribution in [0.15, 0.2) is 66.7 Å². The minimum Gasteiger partial charge on any atom is -0.350 e. The molecule has 35 heavy (non-hydrogen) atoms. The minimum atomic E-state index is -1.22. The molecule has 1 N–H and O–H groups in total. The van der Waals surface area contributed by atoms with Crippen LogP contribution >= 0.6 is 11.8 Å². The molecule has 0 aliphatic carbocycles. The van der Waals surface area contributed by atoms with E-state index in [1.165, 1.54) is 16.7 Å². The number of aryl methyl sites for hydroxylation is 3. The summed E-state index contributed by atoms with van der Waals surface area (Å²) in [6, 6.07) is 21.2. The minimum absolute atomic E-state index is 0.112. The molecule has 7 heteroatoms. The molecule has 1 atom stereocenters. The molecule has 2 aliphatic rings. The summed E-state index contributed by atoms with van der Waals surface area (Å²) < 4.78 is 0. The number of hydrogen-bond acceptors (Lipinski definition) is 4. The summed E-state index contributed by atoms with van der Waals surface area (Å²) in [5.41, 5.74) is 6.41. The third-order valence-electron chi connectivity index (χ3n) is 6.72. The zero-order valence-corrected chi connectivity index (χ0v) is 20.8. The van der Waals surface area contributed by atoms with Crippen LogP contribution in [0.2, 0.25) is 0 Å². The molecule has 2 aliphatic heterocycles. The number of benzene rings is 3. The standard InChI is InChI=1S/C28H27N3O3S/c1-18-8-11-21(12-9-18)15-29-25(32)16-30-24-7-5-4-6-23(24)28(27(30)34)31(26(33)17-35-28)22-13-10-19(2)20(3)14-22/h4-14H,15-17H2,1-3H3,(H,29,32). The van der Waals surface area contributed by atoms with Crippen LogP contribution in [-0.2, 0) is 25.8 Å². The predicted molar refractivity (Wildman–Crippen MR) is 139 cm³/mol. The van der Waals surface area contributed by atoms with Gasteiger partial charge in [-0.1, -0.05) is 54.1 Å². The second-order valence-electron chi connectivity index (χ2n) is 9.10. The van der Waals surface area contributed by atoms with Crippen molar-refractivity contribution >= 4 is 40.9 Å². The Morgan fingerprint density at radius 3 is 2.46 bits per heavy atom. The normalized spacial score (nSPS) is 18.9. The Balaban J connectivity index is 1.45. The van der Waals surface area contributed by atoms with E-state index in [1.54, 1.807) is 4.90 Å². The van der Waals surface area contributed by atoms with Crippen LogP contribution in [0.3, 0.4) is 0 Å². The summed E-state index contributed by atoms with van der Waals surface area (Å²) in [5, 5.41) is 2.92. The number of hydrogen-bond donors (Lipinski definition) is 1. The third-order valence-corrected chi connectivity index (χ3v) is 8.11. The van der Waals surface area contributed by atoms with E-state index in [0.29, 0.717) is 17.9 Å². The maximum Gasteiger partial charge on any atom is 0.269 e. The first-order valence-corrected chi connectivity index (χ1v) is 12.6. The first kappa shape index (κ1) is 23.2. The van der Waals surface area contributed by atoms with Crippen molar-refractivity contribution < 1.29 is 14.4 Å². The van der Waals surface area contributed by atoms with E-state index in [2.05, 4.69) is 5.32 Å². The molecule has 6 nitrogen and oxygen atoms in total. The SMILES string of the molecule is Cc1ccc(CNC(=O)CN2C(=O)C3(SCC(=O)N3c3ccc(C)c(C)c3)c3ccccc32)cc1. The summed E-state index contributed by atoms with van der Waals surface area (Å²) in [5.74, 6) is -0.441. The van der Waals surface area contributed by atoms with Gasteiger partial charge in [0.25, 0.3) is 5.91 Å². The monoisotopic (exact) mass is 485 g/mol. The summed E-state index contributed by atoms with van der Waals surface area (Å²) in [6.45, 7) is 6.30. The summed E-state index contributed by atoms with van der Waals surface area (Å²) >= 11 is 1.32. The van der Waals surface area contributed by atoms with Gasteiger partial charge >= 0.3 is 0 Å². The largest absolute Gasteiger partial charge is 0.350 e. The Morgan fingerprint density at radius 1 is 0.971 bits per heavy atom. The van der Waals surface area contributed by atoms with Crippen molar-refractivity contribution in [3.63, 3.8) is 0 Å². The maximum atomic E-state index is 14.0. The molecule has 0 saturated carbocycles. The quantitative estimate of drug-likeness (QED) is 0.588. The van der Waals surface area contributed by atoms with Crippen LogP contribution in [-0.4, -0.2) is 30.0 Å². The topological polar surface area (TPSA) is 69.7 Å². The Bertz CT molecular complexity index is 1340. The zero-order valence-electron chi connectivity index (χ0n) is 20.0. The number of nitrogens with zero attached hydrogens (tertiary/aromatic N) is 2. The number of amides is 3. The van der Waals surface area contributed by atoms with E-state index in [9.17, 15) is 14.4 Å². The fourth-order valence-electron chi connectivity index (χ4n) is 4.68. The molecule has 3 aromatic carbocycles. The maximum absolute atomic E-state index is 14.0. The van der Waals surface area contributed by atoms with Crippen LogP contribution in [0.4, 0.5) is 11.4 Å². The van der Waals surface area contributed by atoms with Crippen molar-refractivity contribution in [1.82, 2.24) is 5.32 Å². The first-order valence-electron chi connectivity index (χ1n) is 11.6. The summed E-state index contributed by atoms with van der Waals surface area (Å²) in [6.07, 6.45) is 0. The first-order chi connectivity index (χ1) is 16.8. The van der Waals surface area contributed by atoms with Gasteiger partial charge in [0.2, 0.25) is 16.7 Å². The fourth-order valence-corrected chi connectivity index (χ4v) is 6.04. The van der Waals surface area contributed by atoms with Gasteiger partial charge in [0.05, 0.1) is 11.4 Å². The van der Waals surface area contributed by atoms with Gasteiger partial charge < -0.3 is 5.32 Å². The molecule has 1 fully saturated rings. The van der Waals surface area contributed by atoms with E-state index in [4.69, 9.17) is 0 Å². The number of nitrogens with one attached hydrogen (secondary N) is 1. The van der Waals surface area contributed by atoms with E-state index < -0.39 is 4.87 Å². The van der Waals surface area contributed by atoms with Gasteiger partial charge in [0.15, 0.2) is 0 Å². The van der Waals surface area contributed by atoms with Crippen molar-refractivity contribution in [2.75, 3.05) is 22.1 Å². The molecule has 3 amide bonds. The summed E-state index contributed by atoms with van der Waals surface area (Å²) in [7, 11) is 0. The molecule has 2 heterocycles. The van der Waals surface area contributed by atoms with Crippen molar-refractivity contribution in [2.24, 2.45) is 0 Å². The van der Waals surface area contributed by atoms with Crippen LogP contribution in [0.5, 0.6) is 0 Å². The molecular formula is C28H27N3O3S. The van der Waals surface area contributed by atoms with Crippen molar-refractivity contribution in [3.8, 4) is 0 Å². The highest BCUT2D eigenvalue weighted by atomic mass is 32.2. The molecule has 0 radical (unpaired) electrons. The molecule has 178 valence electrons. The molecule has 0 bridgehead atoms. The van der Waals surface area contributed by atoms with Gasteiger partial charge in [-0.25, -0.2) is 0 Å². The number of rotatable bonds is 5. The van der Waals surface area contributed by atoms with Crippen LogP contribution in [0.25, 0.3) is 0 Å². The average molecular weight is 486 g/mol. The highest BCUT2D eigenvalue weighted by Crippen LogP contribution is 2.55. The molecule has 5 rings (SSSR count). The molecule has 0 aromatic heterocycles. The lowest BCUT2D eigenvalue weighted by Crippen LogP contribution is -2.51. The lowest BCUT2D eigenvalue weighted by atomic mass is 10.0. The van der Waals surface area contributed by atoms with Crippen molar-refractivity contribution in [2.45, 2.75) is 32.2 Å². The fraction of sp³-hybridized carbons (Fsp3) is 0.250. The predicted octanol–water partition coefficient (Wildman–Crippen LogP) is 4.21. The van der Waals surface area contributed by atoms with Crippen LogP contribution in [0.1, 0.15) is 27.8 Å². The number of thioether (sulfide) groups is 1. The van der Waals surface area contributed by atoms with Gasteiger partial charge in [-0.3, -0.25) is 24.2 Å². The van der Waals surface area contributed by atoms with E-state index in [-0.39, 0.29) is 30.0 Å². The number of carbonyl (C=O) groups excluding carboxylic acids is 3. The Hall–Kier alpha value is -3.58. The Kier molecular flexibility index (Phi) is 5.89. The lowest BCUT2D eigenvalue weighted by Gasteiger charge is -2.33. The van der Waals surface area contributed by atoms with Crippen LogP contribution in [0, 0.1) is 20.8 Å². The number of anilines is 2. The Morgan fingerprint density at radius 2 is 1.71 bits per heavy atom. The molecular weight excluding hydrogens is 458 g/mol. The Labute approximate surface area is 209 Å². The third kappa shape index (κ3) is 3.90. The van der Waals surface area contributed by atoms with Gasteiger partial charge in [0.1, 0.15) is 6.54 Å². The van der Waals surface area contributed by atoms with Gasteiger partial charge in [-0.05, 0) is 55.7 Å². The second-order valence-corrected chi connectivity index (χ2v) is 10.3. The van der Waals surface area contributed by atoms with Gasteiger partial charge in [0, 0.05) is 17.8 Å². The molecule has 1 spiro atoms. The van der Waals surface area contributed by atoms with Crippen molar-refractivity contribution in [1.29, 1.82) is 0 Å². The molecule has 1 saturated heterocycles. The van der Waals surface area contributed by atoms with E-state index in [1.807, 2.05) is 87.5 Å². The summed E-state index contributed by atoms with van der Waals surface area (Å²) in [4.78, 5) is 42.0. The average Bonchev–Trinajstić information content (AvgIpc) is 3.31. The number of carbonyl (C=O) groups is 3. The van der Waals surface area contributed by atoms with Crippen molar-refractivity contribution in [3.05, 3.63) is 94.5 Å². The highest BCUT2D eigenvalue weighted by molar-refractivity contribution is 8.02. The molecule has 1 unspecified atom stereocenters. The number of fused-ring (bicyclic) bond motifs is 2. The lowest BCUT2D eigenvalue weighted by molar-refractivity contribution is -0.125. The zero-order chi connectivity index (χ0) is 24.7. The van der Waals surface area contributed by atoms with Crippen LogP contribution < -0.4 is 15.1 Å². The van der Waals surface area contributed by atoms with E-state index >= 15 is 0 Å².